The second-order valence-electron chi connectivity index (χ2n) is 9.84. The molecule has 198 valence electrons. The Kier molecular flexibility index (Phi) is 6.87. The van der Waals surface area contributed by atoms with E-state index in [0.29, 0.717) is 17.1 Å². The summed E-state index contributed by atoms with van der Waals surface area (Å²) in [4.78, 5) is 40.8. The lowest BCUT2D eigenvalue weighted by molar-refractivity contribution is -0.190. The highest BCUT2D eigenvalue weighted by atomic mass is 32.1. The molecule has 2 heterocycles. The second kappa shape index (κ2) is 9.51. The Hall–Kier alpha value is -3.34. The van der Waals surface area contributed by atoms with Gasteiger partial charge in [-0.25, -0.2) is 0 Å². The minimum atomic E-state index is -5.24. The van der Waals surface area contributed by atoms with Crippen LogP contribution in [0.1, 0.15) is 41.9 Å². The zero-order valence-electron chi connectivity index (χ0n) is 20.8. The van der Waals surface area contributed by atoms with Crippen LogP contribution in [0.2, 0.25) is 0 Å². The first kappa shape index (κ1) is 26.7. The van der Waals surface area contributed by atoms with Crippen molar-refractivity contribution in [1.29, 1.82) is 0 Å². The molecule has 1 aromatic heterocycles. The molecule has 37 heavy (non-hydrogen) atoms. The maximum absolute atomic E-state index is 14.8. The number of nitrogens with zero attached hydrogens (tertiary/aromatic N) is 1. The molecule has 0 fully saturated rings. The first-order valence-electron chi connectivity index (χ1n) is 11.6. The number of carbonyl (C=O) groups is 3. The van der Waals surface area contributed by atoms with Gasteiger partial charge in [-0.05, 0) is 47.4 Å². The standard InChI is InChI=1S/C26H27F3N2O5S/c1-24(2)13-16-21(17(32)14-24)25(26(27,28)29,30-22(33)20-6-5-11-37-20)23(34)31(16)10-9-15-7-8-18(35-3)19(12-15)36-4/h5-8,11-12H,9-10,13-14H2,1-4H3,(H,30,33). The molecule has 1 unspecified atom stereocenters. The summed E-state index contributed by atoms with van der Waals surface area (Å²) in [5.74, 6) is -2.31. The van der Waals surface area contributed by atoms with Gasteiger partial charge in [0.15, 0.2) is 17.3 Å². The molecular formula is C26H27F3N2O5S. The topological polar surface area (TPSA) is 84.9 Å². The minimum Gasteiger partial charge on any atom is -0.493 e. The summed E-state index contributed by atoms with van der Waals surface area (Å²) in [5.41, 5.74) is -4.08. The Morgan fingerprint density at radius 2 is 1.81 bits per heavy atom. The average molecular weight is 537 g/mol. The van der Waals surface area contributed by atoms with Gasteiger partial charge >= 0.3 is 6.18 Å². The van der Waals surface area contributed by atoms with Crippen molar-refractivity contribution in [2.45, 2.75) is 44.8 Å². The molecule has 2 amide bonds. The highest BCUT2D eigenvalue weighted by Gasteiger charge is 2.71. The molecule has 1 aliphatic heterocycles. The Morgan fingerprint density at radius 3 is 2.41 bits per heavy atom. The molecule has 0 bridgehead atoms. The lowest BCUT2D eigenvalue weighted by Gasteiger charge is -2.35. The minimum absolute atomic E-state index is 0.00550. The summed E-state index contributed by atoms with van der Waals surface area (Å²) in [5, 5.41) is 3.48. The third-order valence-electron chi connectivity index (χ3n) is 6.66. The van der Waals surface area contributed by atoms with E-state index in [1.165, 1.54) is 26.4 Å². The molecule has 1 N–H and O–H groups in total. The third kappa shape index (κ3) is 4.60. The fraction of sp³-hybridized carbons (Fsp3) is 0.423. The van der Waals surface area contributed by atoms with E-state index < -0.39 is 40.3 Å². The number of alkyl halides is 3. The van der Waals surface area contributed by atoms with Crippen LogP contribution < -0.4 is 14.8 Å². The molecule has 7 nitrogen and oxygen atoms in total. The van der Waals surface area contributed by atoms with E-state index in [-0.39, 0.29) is 36.4 Å². The van der Waals surface area contributed by atoms with Gasteiger partial charge in [0, 0.05) is 18.7 Å². The third-order valence-corrected chi connectivity index (χ3v) is 7.53. The van der Waals surface area contributed by atoms with E-state index in [1.54, 1.807) is 37.4 Å². The number of halogens is 3. The Morgan fingerprint density at radius 1 is 1.11 bits per heavy atom. The number of amides is 2. The van der Waals surface area contributed by atoms with Crippen molar-refractivity contribution in [3.63, 3.8) is 0 Å². The van der Waals surface area contributed by atoms with Crippen LogP contribution in [0.3, 0.4) is 0 Å². The summed E-state index contributed by atoms with van der Waals surface area (Å²) in [6, 6.07) is 7.95. The van der Waals surface area contributed by atoms with Crippen molar-refractivity contribution in [3.8, 4) is 11.5 Å². The smallest absolute Gasteiger partial charge is 0.425 e. The number of carbonyl (C=O) groups excluding carboxylic acids is 3. The number of rotatable bonds is 7. The lowest BCUT2D eigenvalue weighted by Crippen LogP contribution is -2.66. The van der Waals surface area contributed by atoms with Gasteiger partial charge in [-0.3, -0.25) is 14.4 Å². The zero-order chi connectivity index (χ0) is 27.2. The predicted molar refractivity (Wildman–Crippen MR) is 131 cm³/mol. The van der Waals surface area contributed by atoms with Crippen LogP contribution in [0.5, 0.6) is 11.5 Å². The fourth-order valence-electron chi connectivity index (χ4n) is 4.98. The van der Waals surface area contributed by atoms with Crippen LogP contribution in [0.15, 0.2) is 47.0 Å². The van der Waals surface area contributed by atoms with Crippen LogP contribution in [-0.4, -0.2) is 55.0 Å². The van der Waals surface area contributed by atoms with Gasteiger partial charge < -0.3 is 19.7 Å². The number of benzene rings is 1. The van der Waals surface area contributed by atoms with Gasteiger partial charge in [0.2, 0.25) is 5.54 Å². The van der Waals surface area contributed by atoms with Crippen LogP contribution >= 0.6 is 11.3 Å². The van der Waals surface area contributed by atoms with Gasteiger partial charge in [0.25, 0.3) is 11.8 Å². The molecule has 0 saturated heterocycles. The number of thiophene rings is 1. The van der Waals surface area contributed by atoms with E-state index in [2.05, 4.69) is 0 Å². The molecule has 1 aliphatic carbocycles. The molecule has 11 heteroatoms. The van der Waals surface area contributed by atoms with E-state index in [9.17, 15) is 27.6 Å². The van der Waals surface area contributed by atoms with Crippen LogP contribution in [0, 0.1) is 5.41 Å². The van der Waals surface area contributed by atoms with Crippen molar-refractivity contribution in [3.05, 3.63) is 57.4 Å². The van der Waals surface area contributed by atoms with Gasteiger partial charge in [0.1, 0.15) is 0 Å². The molecule has 2 aromatic rings. The average Bonchev–Trinajstić information content (AvgIpc) is 3.43. The zero-order valence-corrected chi connectivity index (χ0v) is 21.6. The maximum atomic E-state index is 14.8. The van der Waals surface area contributed by atoms with Crippen molar-refractivity contribution in [2.24, 2.45) is 5.41 Å². The van der Waals surface area contributed by atoms with Crippen molar-refractivity contribution in [1.82, 2.24) is 10.2 Å². The maximum Gasteiger partial charge on any atom is 0.425 e. The van der Waals surface area contributed by atoms with Gasteiger partial charge in [-0.2, -0.15) is 13.2 Å². The van der Waals surface area contributed by atoms with Gasteiger partial charge in [-0.15, -0.1) is 11.3 Å². The summed E-state index contributed by atoms with van der Waals surface area (Å²) in [7, 11) is 2.95. The van der Waals surface area contributed by atoms with E-state index >= 15 is 0 Å². The number of nitrogens with one attached hydrogen (secondary N) is 1. The summed E-state index contributed by atoms with van der Waals surface area (Å²) in [6.07, 6.45) is -5.15. The summed E-state index contributed by atoms with van der Waals surface area (Å²) in [6.45, 7) is 3.41. The number of ketones is 1. The molecule has 0 radical (unpaired) electrons. The fourth-order valence-corrected chi connectivity index (χ4v) is 5.60. The molecule has 4 rings (SSSR count). The normalized spacial score (nSPS) is 21.2. The Balaban J connectivity index is 1.77. The molecule has 0 spiro atoms. The first-order chi connectivity index (χ1) is 17.3. The van der Waals surface area contributed by atoms with Crippen molar-refractivity contribution >= 4 is 28.9 Å². The highest BCUT2D eigenvalue weighted by molar-refractivity contribution is 7.12. The molecule has 0 saturated carbocycles. The molecule has 1 atom stereocenters. The molecular weight excluding hydrogens is 509 g/mol. The Labute approximate surface area is 216 Å². The Bertz CT molecular complexity index is 1270. The van der Waals surface area contributed by atoms with Gasteiger partial charge in [-0.1, -0.05) is 26.0 Å². The number of Topliss-reactive ketones (excluding diaryl/α,β-unsaturated/α-hetero) is 1. The van der Waals surface area contributed by atoms with E-state index in [4.69, 9.17) is 9.47 Å². The largest absolute Gasteiger partial charge is 0.493 e. The van der Waals surface area contributed by atoms with Crippen LogP contribution in [0.4, 0.5) is 13.2 Å². The van der Waals surface area contributed by atoms with Crippen molar-refractivity contribution < 1.29 is 37.0 Å². The molecule has 1 aromatic carbocycles. The highest BCUT2D eigenvalue weighted by Crippen LogP contribution is 2.51. The monoisotopic (exact) mass is 536 g/mol. The number of hydrogen-bond acceptors (Lipinski definition) is 6. The van der Waals surface area contributed by atoms with E-state index in [0.717, 1.165) is 16.2 Å². The van der Waals surface area contributed by atoms with Crippen LogP contribution in [-0.2, 0) is 16.0 Å². The lowest BCUT2D eigenvalue weighted by atomic mass is 9.72. The second-order valence-corrected chi connectivity index (χ2v) is 10.8. The first-order valence-corrected chi connectivity index (χ1v) is 12.4. The summed E-state index contributed by atoms with van der Waals surface area (Å²) >= 11 is 0.942. The quantitative estimate of drug-likeness (QED) is 0.563. The SMILES string of the molecule is COc1ccc(CCN2C(=O)C(NC(=O)c3cccs3)(C(F)(F)F)C3=C2CC(C)(C)CC3=O)cc1OC. The van der Waals surface area contributed by atoms with Crippen LogP contribution in [0.25, 0.3) is 0 Å². The van der Waals surface area contributed by atoms with Gasteiger partial charge in [0.05, 0.1) is 24.7 Å². The molecule has 2 aliphatic rings. The predicted octanol–water partition coefficient (Wildman–Crippen LogP) is 4.52. The van der Waals surface area contributed by atoms with E-state index in [1.807, 2.05) is 5.32 Å². The number of methoxy groups -OCH3 is 2. The summed E-state index contributed by atoms with van der Waals surface area (Å²) < 4.78 is 55.1. The number of ether oxygens (including phenoxy) is 2. The number of allylic oxidation sites excluding steroid dienone is 1. The number of hydrogen-bond donors (Lipinski definition) is 1. The van der Waals surface area contributed by atoms with Crippen molar-refractivity contribution in [2.75, 3.05) is 20.8 Å².